The van der Waals surface area contributed by atoms with Gasteiger partial charge in [-0.15, -0.1) is 0 Å². The van der Waals surface area contributed by atoms with Crippen LogP contribution < -0.4 is 21.3 Å². The Kier molecular flexibility index (Phi) is 6.20. The first kappa shape index (κ1) is 18.4. The molecule has 0 spiro atoms. The van der Waals surface area contributed by atoms with Crippen LogP contribution >= 0.6 is 0 Å². The lowest BCUT2D eigenvalue weighted by Gasteiger charge is -2.29. The number of anilines is 4. The van der Waals surface area contributed by atoms with Crippen LogP contribution in [0, 0.1) is 0 Å². The fraction of sp³-hybridized carbons (Fsp3) is 0.400. The maximum atomic E-state index is 9.38. The minimum Gasteiger partial charge on any atom is -0.399 e. The van der Waals surface area contributed by atoms with Gasteiger partial charge in [0.2, 0.25) is 0 Å². The van der Waals surface area contributed by atoms with Gasteiger partial charge in [-0.05, 0) is 48.5 Å². The van der Waals surface area contributed by atoms with Crippen LogP contribution in [0.2, 0.25) is 0 Å². The van der Waals surface area contributed by atoms with Gasteiger partial charge in [-0.3, -0.25) is 4.90 Å². The molecule has 140 valence electrons. The predicted octanol–water partition coefficient (Wildman–Crippen LogP) is 1.47. The summed E-state index contributed by atoms with van der Waals surface area (Å²) in [6, 6.07) is 16.1. The van der Waals surface area contributed by atoms with E-state index in [1.54, 1.807) is 0 Å². The Morgan fingerprint density at radius 3 is 1.42 bits per heavy atom. The number of hydrogen-bond acceptors (Lipinski definition) is 6. The minimum atomic E-state index is 0.184. The molecule has 2 aromatic rings. The van der Waals surface area contributed by atoms with Gasteiger partial charge in [-0.1, -0.05) is 0 Å². The van der Waals surface area contributed by atoms with Gasteiger partial charge < -0.3 is 26.4 Å². The summed E-state index contributed by atoms with van der Waals surface area (Å²) in [6.07, 6.45) is 0. The fourth-order valence-electron chi connectivity index (χ4n) is 3.35. The Morgan fingerprint density at radius 1 is 0.654 bits per heavy atom. The molecule has 0 aliphatic carbocycles. The second kappa shape index (κ2) is 8.78. The number of benzene rings is 2. The lowest BCUT2D eigenvalue weighted by molar-refractivity contribution is 0.202. The Balaban J connectivity index is 1.79. The van der Waals surface area contributed by atoms with E-state index in [2.05, 4.69) is 39.0 Å². The fourth-order valence-corrected chi connectivity index (χ4v) is 3.35. The van der Waals surface area contributed by atoms with E-state index in [1.165, 1.54) is 11.4 Å². The van der Waals surface area contributed by atoms with Crippen molar-refractivity contribution in [3.8, 4) is 0 Å². The van der Waals surface area contributed by atoms with E-state index in [0.29, 0.717) is 6.54 Å². The van der Waals surface area contributed by atoms with E-state index >= 15 is 0 Å². The third-order valence-electron chi connectivity index (χ3n) is 4.94. The summed E-state index contributed by atoms with van der Waals surface area (Å²) in [5.41, 5.74) is 15.6. The molecular weight excluding hydrogens is 326 g/mol. The maximum Gasteiger partial charge on any atom is 0.0558 e. The van der Waals surface area contributed by atoms with Crippen molar-refractivity contribution in [3.63, 3.8) is 0 Å². The third kappa shape index (κ3) is 4.80. The molecule has 0 atom stereocenters. The molecular formula is C20H29N5O. The number of aliphatic hydroxyl groups excluding tert-OH is 1. The summed E-state index contributed by atoms with van der Waals surface area (Å²) in [7, 11) is 0. The van der Waals surface area contributed by atoms with E-state index in [9.17, 15) is 5.11 Å². The zero-order valence-electron chi connectivity index (χ0n) is 15.2. The van der Waals surface area contributed by atoms with Crippen molar-refractivity contribution in [2.24, 2.45) is 0 Å². The molecule has 0 aromatic heterocycles. The zero-order chi connectivity index (χ0) is 18.4. The lowest BCUT2D eigenvalue weighted by atomic mass is 10.2. The number of rotatable bonds is 4. The number of β-amino-alcohol motifs (C(OH)–C–C–N with tert-alkyl or cyclic N) is 1. The normalized spacial score (nSPS) is 16.8. The molecule has 1 saturated heterocycles. The second-order valence-corrected chi connectivity index (χ2v) is 6.72. The molecule has 5 N–H and O–H groups in total. The van der Waals surface area contributed by atoms with Gasteiger partial charge >= 0.3 is 0 Å². The largest absolute Gasteiger partial charge is 0.399 e. The van der Waals surface area contributed by atoms with Gasteiger partial charge in [0.25, 0.3) is 0 Å². The minimum absolute atomic E-state index is 0.184. The standard InChI is InChI=1S/C20H29N5O/c21-17-1-5-19(6-2-17)24-11-9-23(15-16-26)10-12-25(14-13-24)20-7-3-18(22)4-8-20/h1-8,26H,9-16,21-22H2. The predicted molar refractivity (Wildman–Crippen MR) is 110 cm³/mol. The Bertz CT molecular complexity index is 616. The van der Waals surface area contributed by atoms with E-state index in [1.807, 2.05) is 24.3 Å². The Morgan fingerprint density at radius 2 is 1.04 bits per heavy atom. The number of nitrogens with two attached hydrogens (primary N) is 2. The third-order valence-corrected chi connectivity index (χ3v) is 4.94. The van der Waals surface area contributed by atoms with Crippen molar-refractivity contribution in [1.82, 2.24) is 4.90 Å². The highest BCUT2D eigenvalue weighted by atomic mass is 16.3. The molecule has 1 aliphatic rings. The van der Waals surface area contributed by atoms with E-state index in [4.69, 9.17) is 11.5 Å². The summed E-state index contributed by atoms with van der Waals surface area (Å²) in [4.78, 5) is 7.10. The number of aliphatic hydroxyl groups is 1. The van der Waals surface area contributed by atoms with Crippen molar-refractivity contribution < 1.29 is 5.11 Å². The van der Waals surface area contributed by atoms with Crippen LogP contribution in [0.25, 0.3) is 0 Å². The molecule has 1 heterocycles. The van der Waals surface area contributed by atoms with Gasteiger partial charge in [0.05, 0.1) is 6.61 Å². The highest BCUT2D eigenvalue weighted by Gasteiger charge is 2.17. The number of nitrogen functional groups attached to an aromatic ring is 2. The highest BCUT2D eigenvalue weighted by Crippen LogP contribution is 2.20. The van der Waals surface area contributed by atoms with E-state index in [-0.39, 0.29) is 6.61 Å². The summed E-state index contributed by atoms with van der Waals surface area (Å²) in [6.45, 7) is 6.47. The van der Waals surface area contributed by atoms with Crippen LogP contribution in [0.5, 0.6) is 0 Å². The molecule has 0 bridgehead atoms. The summed E-state index contributed by atoms with van der Waals surface area (Å²) >= 11 is 0. The first-order valence-electron chi connectivity index (χ1n) is 9.20. The van der Waals surface area contributed by atoms with Crippen LogP contribution in [0.1, 0.15) is 0 Å². The van der Waals surface area contributed by atoms with Gasteiger partial charge in [-0.2, -0.15) is 0 Å². The van der Waals surface area contributed by atoms with Gasteiger partial charge in [0.1, 0.15) is 0 Å². The van der Waals surface area contributed by atoms with Crippen molar-refractivity contribution in [2.75, 3.05) is 73.7 Å². The van der Waals surface area contributed by atoms with Crippen LogP contribution in [0.4, 0.5) is 22.7 Å². The highest BCUT2D eigenvalue weighted by molar-refractivity contribution is 5.55. The molecule has 0 radical (unpaired) electrons. The number of hydrogen-bond donors (Lipinski definition) is 3. The summed E-state index contributed by atoms with van der Waals surface area (Å²) in [5, 5.41) is 9.38. The van der Waals surface area contributed by atoms with Gasteiger partial charge in [-0.25, -0.2) is 0 Å². The number of nitrogens with zero attached hydrogens (tertiary/aromatic N) is 3. The van der Waals surface area contributed by atoms with Crippen molar-refractivity contribution in [1.29, 1.82) is 0 Å². The molecule has 0 saturated carbocycles. The molecule has 0 amide bonds. The molecule has 26 heavy (non-hydrogen) atoms. The second-order valence-electron chi connectivity index (χ2n) is 6.72. The van der Waals surface area contributed by atoms with Gasteiger partial charge in [0.15, 0.2) is 0 Å². The van der Waals surface area contributed by atoms with Gasteiger partial charge in [0, 0.05) is 68.6 Å². The monoisotopic (exact) mass is 355 g/mol. The molecule has 1 aliphatic heterocycles. The van der Waals surface area contributed by atoms with Crippen LogP contribution in [0.15, 0.2) is 48.5 Å². The molecule has 6 heteroatoms. The molecule has 2 aromatic carbocycles. The average Bonchev–Trinajstić information content (AvgIpc) is 2.75. The Hall–Kier alpha value is -2.44. The maximum absolute atomic E-state index is 9.38. The van der Waals surface area contributed by atoms with Crippen LogP contribution in [-0.2, 0) is 0 Å². The molecule has 0 unspecified atom stereocenters. The molecule has 6 nitrogen and oxygen atoms in total. The summed E-state index contributed by atoms with van der Waals surface area (Å²) < 4.78 is 0. The van der Waals surface area contributed by atoms with Crippen LogP contribution in [0.3, 0.4) is 0 Å². The SMILES string of the molecule is Nc1ccc(N2CCN(CCO)CCN(c3ccc(N)cc3)CC2)cc1. The summed E-state index contributed by atoms with van der Waals surface area (Å²) in [5.74, 6) is 0. The quantitative estimate of drug-likeness (QED) is 0.721. The van der Waals surface area contributed by atoms with E-state index in [0.717, 1.165) is 50.6 Å². The zero-order valence-corrected chi connectivity index (χ0v) is 15.2. The van der Waals surface area contributed by atoms with Crippen molar-refractivity contribution in [2.45, 2.75) is 0 Å². The topological polar surface area (TPSA) is 82.0 Å². The average molecular weight is 355 g/mol. The van der Waals surface area contributed by atoms with Crippen molar-refractivity contribution in [3.05, 3.63) is 48.5 Å². The smallest absolute Gasteiger partial charge is 0.0558 e. The Labute approximate surface area is 155 Å². The van der Waals surface area contributed by atoms with E-state index < -0.39 is 0 Å². The molecule has 3 rings (SSSR count). The lowest BCUT2D eigenvalue weighted by Crippen LogP contribution is -2.37. The first-order valence-corrected chi connectivity index (χ1v) is 9.20. The first-order chi connectivity index (χ1) is 12.7. The van der Waals surface area contributed by atoms with Crippen molar-refractivity contribution >= 4 is 22.7 Å². The van der Waals surface area contributed by atoms with Crippen LogP contribution in [-0.4, -0.2) is 62.4 Å². The molecule has 1 fully saturated rings.